The molecule has 1 aromatic carbocycles. The first-order chi connectivity index (χ1) is 9.54. The molecule has 1 heterocycles. The molecule has 0 radical (unpaired) electrons. The summed E-state index contributed by atoms with van der Waals surface area (Å²) in [4.78, 5) is 33.4. The number of aliphatic carboxylic acids is 1. The molecule has 6 nitrogen and oxygen atoms in total. The zero-order valence-electron chi connectivity index (χ0n) is 10.6. The molecular weight excluding hydrogens is 260 g/mol. The van der Waals surface area contributed by atoms with Crippen molar-refractivity contribution in [1.82, 2.24) is 5.32 Å². The number of amides is 2. The van der Waals surface area contributed by atoms with Crippen LogP contribution >= 0.6 is 0 Å². The molecule has 0 bridgehead atoms. The van der Waals surface area contributed by atoms with Crippen LogP contribution in [-0.4, -0.2) is 28.9 Å². The van der Waals surface area contributed by atoms with Crippen molar-refractivity contribution in [1.29, 1.82) is 0 Å². The van der Waals surface area contributed by atoms with Crippen molar-refractivity contribution in [2.75, 3.05) is 5.32 Å². The Bertz CT molecular complexity index is 580. The Kier molecular flexibility index (Phi) is 4.14. The molecule has 0 aliphatic carbocycles. The van der Waals surface area contributed by atoms with Gasteiger partial charge in [0.25, 0.3) is 0 Å². The molecule has 0 unspecified atom stereocenters. The third kappa shape index (κ3) is 3.68. The summed E-state index contributed by atoms with van der Waals surface area (Å²) in [5.41, 5.74) is 1.23. The Balaban J connectivity index is 2.02. The van der Waals surface area contributed by atoms with E-state index in [1.165, 1.54) is 6.08 Å². The first kappa shape index (κ1) is 13.8. The summed E-state index contributed by atoms with van der Waals surface area (Å²) >= 11 is 0. The van der Waals surface area contributed by atoms with Crippen molar-refractivity contribution in [3.63, 3.8) is 0 Å². The smallest absolute Gasteiger partial charge is 0.328 e. The standard InChI is InChI=1S/C14H14N2O4/c17-12-6-5-11(16-12)14(20)15-10-3-1-2-9(8-10)4-7-13(18)19/h1-4,7-8,11H,5-6H2,(H,15,20)(H,16,17)(H,18,19)/b7-4+/t11-/m0/s1. The number of nitrogens with one attached hydrogen (secondary N) is 2. The van der Waals surface area contributed by atoms with Gasteiger partial charge in [0.1, 0.15) is 6.04 Å². The lowest BCUT2D eigenvalue weighted by Gasteiger charge is -2.11. The summed E-state index contributed by atoms with van der Waals surface area (Å²) in [5, 5.41) is 13.8. The Morgan fingerprint density at radius 2 is 2.20 bits per heavy atom. The topological polar surface area (TPSA) is 95.5 Å². The minimum Gasteiger partial charge on any atom is -0.478 e. The van der Waals surface area contributed by atoms with Gasteiger partial charge in [-0.15, -0.1) is 0 Å². The number of anilines is 1. The van der Waals surface area contributed by atoms with Crippen LogP contribution in [0.3, 0.4) is 0 Å². The third-order valence-electron chi connectivity index (χ3n) is 2.88. The Labute approximate surface area is 115 Å². The number of carbonyl (C=O) groups is 3. The van der Waals surface area contributed by atoms with E-state index in [9.17, 15) is 14.4 Å². The molecule has 3 N–H and O–H groups in total. The van der Waals surface area contributed by atoms with Gasteiger partial charge in [-0.2, -0.15) is 0 Å². The molecule has 1 aliphatic heterocycles. The second-order valence-corrected chi connectivity index (χ2v) is 4.45. The highest BCUT2D eigenvalue weighted by Crippen LogP contribution is 2.14. The van der Waals surface area contributed by atoms with Crippen molar-refractivity contribution in [2.45, 2.75) is 18.9 Å². The van der Waals surface area contributed by atoms with Crippen LogP contribution in [0.4, 0.5) is 5.69 Å². The lowest BCUT2D eigenvalue weighted by molar-refractivity contribution is -0.131. The highest BCUT2D eigenvalue weighted by atomic mass is 16.4. The maximum atomic E-state index is 11.9. The van der Waals surface area contributed by atoms with Crippen molar-refractivity contribution < 1.29 is 19.5 Å². The molecule has 1 aliphatic rings. The number of hydrogen-bond donors (Lipinski definition) is 3. The second kappa shape index (κ2) is 6.01. The van der Waals surface area contributed by atoms with Crippen LogP contribution in [0.25, 0.3) is 6.08 Å². The van der Waals surface area contributed by atoms with E-state index in [1.54, 1.807) is 24.3 Å². The van der Waals surface area contributed by atoms with Crippen molar-refractivity contribution in [3.8, 4) is 0 Å². The summed E-state index contributed by atoms with van der Waals surface area (Å²) in [6.07, 6.45) is 3.32. The zero-order valence-corrected chi connectivity index (χ0v) is 10.6. The normalized spacial score (nSPS) is 18.0. The van der Waals surface area contributed by atoms with Gasteiger partial charge >= 0.3 is 5.97 Å². The highest BCUT2D eigenvalue weighted by molar-refractivity contribution is 5.99. The minimum atomic E-state index is -1.03. The summed E-state index contributed by atoms with van der Waals surface area (Å²) in [6, 6.07) is 6.30. The predicted octanol–water partition coefficient (Wildman–Crippen LogP) is 1.00. The summed E-state index contributed by atoms with van der Waals surface area (Å²) in [6.45, 7) is 0. The van der Waals surface area contributed by atoms with Crippen LogP contribution in [0.2, 0.25) is 0 Å². The Morgan fingerprint density at radius 3 is 2.85 bits per heavy atom. The van der Waals surface area contributed by atoms with Gasteiger partial charge in [0.05, 0.1) is 0 Å². The fraction of sp³-hybridized carbons (Fsp3) is 0.214. The van der Waals surface area contributed by atoms with E-state index in [0.717, 1.165) is 6.08 Å². The van der Waals surface area contributed by atoms with Gasteiger partial charge in [0.15, 0.2) is 0 Å². The van der Waals surface area contributed by atoms with Crippen molar-refractivity contribution >= 4 is 29.5 Å². The minimum absolute atomic E-state index is 0.122. The molecule has 104 valence electrons. The molecule has 2 amide bonds. The number of carbonyl (C=O) groups excluding carboxylic acids is 2. The predicted molar refractivity (Wildman–Crippen MR) is 72.9 cm³/mol. The average Bonchev–Trinajstić information content (AvgIpc) is 2.84. The van der Waals surface area contributed by atoms with E-state index < -0.39 is 12.0 Å². The van der Waals surface area contributed by atoms with Gasteiger partial charge in [-0.3, -0.25) is 9.59 Å². The summed E-state index contributed by atoms with van der Waals surface area (Å²) in [5.74, 6) is -1.42. The molecule has 0 spiro atoms. The maximum absolute atomic E-state index is 11.9. The van der Waals surface area contributed by atoms with E-state index in [2.05, 4.69) is 10.6 Å². The van der Waals surface area contributed by atoms with Gasteiger partial charge in [0.2, 0.25) is 11.8 Å². The van der Waals surface area contributed by atoms with Crippen LogP contribution < -0.4 is 10.6 Å². The molecule has 1 atom stereocenters. The maximum Gasteiger partial charge on any atom is 0.328 e. The van der Waals surface area contributed by atoms with Crippen LogP contribution in [0.15, 0.2) is 30.3 Å². The quantitative estimate of drug-likeness (QED) is 0.714. The second-order valence-electron chi connectivity index (χ2n) is 4.45. The van der Waals surface area contributed by atoms with Crippen molar-refractivity contribution in [3.05, 3.63) is 35.9 Å². The molecule has 1 saturated heterocycles. The monoisotopic (exact) mass is 274 g/mol. The Hall–Kier alpha value is -2.63. The van der Waals surface area contributed by atoms with Gasteiger partial charge in [-0.1, -0.05) is 12.1 Å². The SMILES string of the molecule is O=C(O)/C=C/c1cccc(NC(=O)[C@@H]2CCC(=O)N2)c1. The number of benzene rings is 1. The molecule has 0 aromatic heterocycles. The van der Waals surface area contributed by atoms with E-state index in [0.29, 0.717) is 24.1 Å². The van der Waals surface area contributed by atoms with E-state index in [1.807, 2.05) is 0 Å². The fourth-order valence-corrected chi connectivity index (χ4v) is 1.93. The molecular formula is C14H14N2O4. The van der Waals surface area contributed by atoms with Gasteiger partial charge in [-0.25, -0.2) is 4.79 Å². The first-order valence-electron chi connectivity index (χ1n) is 6.16. The molecule has 6 heteroatoms. The molecule has 0 saturated carbocycles. The highest BCUT2D eigenvalue weighted by Gasteiger charge is 2.26. The lowest BCUT2D eigenvalue weighted by atomic mass is 10.1. The largest absolute Gasteiger partial charge is 0.478 e. The number of rotatable bonds is 4. The first-order valence-corrected chi connectivity index (χ1v) is 6.16. The van der Waals surface area contributed by atoms with Gasteiger partial charge in [-0.05, 0) is 30.2 Å². The van der Waals surface area contributed by atoms with Crippen LogP contribution in [0, 0.1) is 0 Å². The Morgan fingerprint density at radius 1 is 1.40 bits per heavy atom. The number of carboxylic acids is 1. The summed E-state index contributed by atoms with van der Waals surface area (Å²) < 4.78 is 0. The van der Waals surface area contributed by atoms with Gasteiger partial charge < -0.3 is 15.7 Å². The zero-order chi connectivity index (χ0) is 14.5. The lowest BCUT2D eigenvalue weighted by Crippen LogP contribution is -2.37. The fourth-order valence-electron chi connectivity index (χ4n) is 1.93. The summed E-state index contributed by atoms with van der Waals surface area (Å²) in [7, 11) is 0. The number of hydrogen-bond acceptors (Lipinski definition) is 3. The molecule has 20 heavy (non-hydrogen) atoms. The average molecular weight is 274 g/mol. The van der Waals surface area contributed by atoms with E-state index >= 15 is 0 Å². The molecule has 1 aromatic rings. The van der Waals surface area contributed by atoms with Crippen LogP contribution in [0.5, 0.6) is 0 Å². The third-order valence-corrected chi connectivity index (χ3v) is 2.88. The number of carboxylic acid groups (broad SMARTS) is 1. The van der Waals surface area contributed by atoms with Crippen LogP contribution in [0.1, 0.15) is 18.4 Å². The van der Waals surface area contributed by atoms with Crippen LogP contribution in [-0.2, 0) is 14.4 Å². The van der Waals surface area contributed by atoms with E-state index in [4.69, 9.17) is 5.11 Å². The van der Waals surface area contributed by atoms with Gasteiger partial charge in [0, 0.05) is 18.2 Å². The molecule has 2 rings (SSSR count). The van der Waals surface area contributed by atoms with E-state index in [-0.39, 0.29) is 11.8 Å². The molecule has 1 fully saturated rings. The van der Waals surface area contributed by atoms with Crippen molar-refractivity contribution in [2.24, 2.45) is 0 Å².